The van der Waals surface area contributed by atoms with Gasteiger partial charge in [-0.1, -0.05) is 30.1 Å². The SMILES string of the molecule is CCSP(C)(O)=S. The van der Waals surface area contributed by atoms with Crippen molar-refractivity contribution in [3.63, 3.8) is 0 Å². The van der Waals surface area contributed by atoms with E-state index < -0.39 is 5.47 Å². The molecular formula is C3H9OPS2. The first-order chi connectivity index (χ1) is 3.06. The van der Waals surface area contributed by atoms with E-state index in [1.165, 1.54) is 11.4 Å². The van der Waals surface area contributed by atoms with Crippen molar-refractivity contribution in [1.29, 1.82) is 0 Å². The van der Waals surface area contributed by atoms with Gasteiger partial charge in [0, 0.05) is 0 Å². The molecule has 0 saturated heterocycles. The maximum absolute atomic E-state index is 8.91. The highest BCUT2D eigenvalue weighted by atomic mass is 32.9. The largest absolute Gasteiger partial charge is 0.357 e. The Morgan fingerprint density at radius 3 is 2.29 bits per heavy atom. The van der Waals surface area contributed by atoms with Gasteiger partial charge in [0.2, 0.25) is 0 Å². The molecule has 0 radical (unpaired) electrons. The molecule has 1 nitrogen and oxygen atoms in total. The van der Waals surface area contributed by atoms with Gasteiger partial charge in [-0.3, -0.25) is 0 Å². The highest BCUT2D eigenvalue weighted by Crippen LogP contribution is 2.50. The van der Waals surface area contributed by atoms with Crippen LogP contribution < -0.4 is 0 Å². The second kappa shape index (κ2) is 3.08. The van der Waals surface area contributed by atoms with Crippen molar-refractivity contribution >= 4 is 28.7 Å². The summed E-state index contributed by atoms with van der Waals surface area (Å²) in [6.45, 7) is 3.71. The summed E-state index contributed by atoms with van der Waals surface area (Å²) < 4.78 is 0. The topological polar surface area (TPSA) is 20.2 Å². The van der Waals surface area contributed by atoms with Crippen molar-refractivity contribution in [3.8, 4) is 0 Å². The molecular weight excluding hydrogens is 147 g/mol. The minimum Gasteiger partial charge on any atom is -0.357 e. The molecule has 0 rings (SSSR count). The molecule has 0 saturated carbocycles. The van der Waals surface area contributed by atoms with E-state index in [9.17, 15) is 0 Å². The summed E-state index contributed by atoms with van der Waals surface area (Å²) in [7, 11) is 0. The lowest BCUT2D eigenvalue weighted by Gasteiger charge is -2.02. The van der Waals surface area contributed by atoms with E-state index >= 15 is 0 Å². The van der Waals surface area contributed by atoms with Gasteiger partial charge < -0.3 is 4.89 Å². The van der Waals surface area contributed by atoms with Gasteiger partial charge in [0.25, 0.3) is 0 Å². The summed E-state index contributed by atoms with van der Waals surface area (Å²) in [4.78, 5) is 8.91. The fraction of sp³-hybridized carbons (Fsp3) is 1.00. The van der Waals surface area contributed by atoms with Gasteiger partial charge in [-0.05, 0) is 12.4 Å². The molecule has 0 aromatic rings. The monoisotopic (exact) mass is 156 g/mol. The lowest BCUT2D eigenvalue weighted by atomic mass is 11.0. The average Bonchev–Trinajstić information content (AvgIpc) is 1.30. The minimum absolute atomic E-state index is 0.921. The molecule has 0 heterocycles. The van der Waals surface area contributed by atoms with Gasteiger partial charge in [-0.2, -0.15) is 0 Å². The first-order valence-corrected chi connectivity index (χ1v) is 6.80. The van der Waals surface area contributed by atoms with Crippen LogP contribution in [0.4, 0.5) is 0 Å². The first-order valence-electron chi connectivity index (χ1n) is 2.01. The molecule has 0 bridgehead atoms. The Labute approximate surface area is 53.3 Å². The molecule has 0 aromatic heterocycles. The molecule has 0 fully saturated rings. The Morgan fingerprint density at radius 1 is 1.86 bits per heavy atom. The van der Waals surface area contributed by atoms with Gasteiger partial charge >= 0.3 is 0 Å². The highest BCUT2D eigenvalue weighted by Gasteiger charge is 1.99. The Hall–Kier alpha value is 0.960. The predicted molar refractivity (Wildman–Crippen MR) is 40.6 cm³/mol. The van der Waals surface area contributed by atoms with Crippen LogP contribution in [-0.4, -0.2) is 17.3 Å². The zero-order valence-electron chi connectivity index (χ0n) is 4.42. The second-order valence-corrected chi connectivity index (χ2v) is 9.40. The summed E-state index contributed by atoms with van der Waals surface area (Å²) in [6, 6.07) is 0. The fourth-order valence-corrected chi connectivity index (χ4v) is 3.10. The third-order valence-electron chi connectivity index (χ3n) is 0.369. The van der Waals surface area contributed by atoms with Gasteiger partial charge in [0.15, 0.2) is 0 Å². The van der Waals surface area contributed by atoms with E-state index in [0.29, 0.717) is 0 Å². The lowest BCUT2D eigenvalue weighted by molar-refractivity contribution is 0.644. The molecule has 7 heavy (non-hydrogen) atoms. The number of hydrogen-bond acceptors (Lipinski definition) is 2. The quantitative estimate of drug-likeness (QED) is 0.614. The van der Waals surface area contributed by atoms with Crippen LogP contribution in [0.3, 0.4) is 0 Å². The molecule has 0 aliphatic carbocycles. The van der Waals surface area contributed by atoms with Crippen LogP contribution in [0.15, 0.2) is 0 Å². The Balaban J connectivity index is 3.36. The summed E-state index contributed by atoms with van der Waals surface area (Å²) in [6.07, 6.45) is 0. The minimum atomic E-state index is -1.92. The Bertz CT molecular complexity index is 86.9. The fourth-order valence-electron chi connectivity index (χ4n) is 0.240. The molecule has 0 aliphatic heterocycles. The van der Waals surface area contributed by atoms with Crippen molar-refractivity contribution in [2.75, 3.05) is 12.4 Å². The Kier molecular flexibility index (Phi) is 3.50. The maximum atomic E-state index is 8.91. The normalized spacial score (nSPS) is 18.7. The standard InChI is InChI=1S/C3H9OPS2/c1-3-7-5(2,4)6/h3H2,1-2H3,(H,4,6). The zero-order chi connectivity index (χ0) is 5.91. The zero-order valence-corrected chi connectivity index (χ0v) is 6.95. The van der Waals surface area contributed by atoms with Gasteiger partial charge in [0.05, 0.1) is 0 Å². The van der Waals surface area contributed by atoms with Crippen LogP contribution >= 0.6 is 16.8 Å². The maximum Gasteiger partial charge on any atom is 0.113 e. The van der Waals surface area contributed by atoms with E-state index in [1.807, 2.05) is 6.92 Å². The Morgan fingerprint density at radius 2 is 2.29 bits per heavy atom. The van der Waals surface area contributed by atoms with Gasteiger partial charge in [0.1, 0.15) is 5.47 Å². The van der Waals surface area contributed by atoms with Gasteiger partial charge in [-0.15, -0.1) is 0 Å². The van der Waals surface area contributed by atoms with Crippen molar-refractivity contribution in [2.45, 2.75) is 6.92 Å². The third-order valence-corrected chi connectivity index (χ3v) is 4.27. The van der Waals surface area contributed by atoms with Crippen molar-refractivity contribution in [2.24, 2.45) is 0 Å². The molecule has 0 spiro atoms. The molecule has 1 unspecified atom stereocenters. The van der Waals surface area contributed by atoms with Gasteiger partial charge in [-0.25, -0.2) is 0 Å². The van der Waals surface area contributed by atoms with Crippen LogP contribution in [0.2, 0.25) is 0 Å². The third kappa shape index (κ3) is 6.96. The average molecular weight is 156 g/mol. The summed E-state index contributed by atoms with van der Waals surface area (Å²) >= 11 is 6.18. The molecule has 44 valence electrons. The van der Waals surface area contributed by atoms with E-state index in [1.54, 1.807) is 6.66 Å². The van der Waals surface area contributed by atoms with Crippen LogP contribution in [0.25, 0.3) is 0 Å². The van der Waals surface area contributed by atoms with Crippen LogP contribution in [0.1, 0.15) is 6.92 Å². The van der Waals surface area contributed by atoms with Crippen LogP contribution in [0, 0.1) is 0 Å². The van der Waals surface area contributed by atoms with Crippen molar-refractivity contribution in [3.05, 3.63) is 0 Å². The van der Waals surface area contributed by atoms with E-state index in [2.05, 4.69) is 0 Å². The molecule has 4 heteroatoms. The number of hydrogen-bond donors (Lipinski definition) is 1. The summed E-state index contributed by atoms with van der Waals surface area (Å²) in [5.41, 5.74) is -1.92. The molecule has 0 amide bonds. The molecule has 0 aromatic carbocycles. The lowest BCUT2D eigenvalue weighted by Crippen LogP contribution is -1.67. The second-order valence-electron chi connectivity index (χ2n) is 1.22. The van der Waals surface area contributed by atoms with E-state index in [0.717, 1.165) is 5.75 Å². The number of rotatable bonds is 2. The predicted octanol–water partition coefficient (Wildman–Crippen LogP) is 1.67. The van der Waals surface area contributed by atoms with Crippen molar-refractivity contribution < 1.29 is 4.89 Å². The van der Waals surface area contributed by atoms with E-state index in [-0.39, 0.29) is 0 Å². The molecule has 1 atom stereocenters. The highest BCUT2D eigenvalue weighted by molar-refractivity contribution is 8.68. The van der Waals surface area contributed by atoms with Crippen LogP contribution in [0.5, 0.6) is 0 Å². The first kappa shape index (κ1) is 7.96. The van der Waals surface area contributed by atoms with Crippen LogP contribution in [-0.2, 0) is 11.8 Å². The van der Waals surface area contributed by atoms with Crippen molar-refractivity contribution in [1.82, 2.24) is 0 Å². The summed E-state index contributed by atoms with van der Waals surface area (Å²) in [5, 5.41) is 0. The molecule has 0 aliphatic rings. The summed E-state index contributed by atoms with van der Waals surface area (Å²) in [5.74, 6) is 0.921. The smallest absolute Gasteiger partial charge is 0.113 e. The molecule has 1 N–H and O–H groups in total. The van der Waals surface area contributed by atoms with E-state index in [4.69, 9.17) is 16.7 Å².